The van der Waals surface area contributed by atoms with Gasteiger partial charge in [0.2, 0.25) is 11.8 Å². The van der Waals surface area contributed by atoms with Gasteiger partial charge in [-0.15, -0.1) is 10.2 Å². The Morgan fingerprint density at radius 2 is 2.15 bits per heavy atom. The third kappa shape index (κ3) is 3.51. The molecule has 2 aliphatic rings. The van der Waals surface area contributed by atoms with Gasteiger partial charge in [0.15, 0.2) is 9.84 Å². The molecular weight excluding hydrogens is 302 g/mol. The van der Waals surface area contributed by atoms with E-state index in [9.17, 15) is 13.2 Å². The molecule has 1 aliphatic heterocycles. The number of nitrogens with one attached hydrogen (secondary N) is 1. The van der Waals surface area contributed by atoms with Gasteiger partial charge in [0.05, 0.1) is 17.3 Å². The van der Waals surface area contributed by atoms with Crippen LogP contribution >= 0.6 is 11.8 Å². The molecule has 20 heavy (non-hydrogen) atoms. The van der Waals surface area contributed by atoms with Crippen molar-refractivity contribution in [2.24, 2.45) is 0 Å². The van der Waals surface area contributed by atoms with Gasteiger partial charge in [0.1, 0.15) is 0 Å². The lowest BCUT2D eigenvalue weighted by Crippen LogP contribution is -2.36. The molecule has 2 heterocycles. The molecule has 1 amide bonds. The second kappa shape index (κ2) is 5.36. The van der Waals surface area contributed by atoms with E-state index in [0.29, 0.717) is 23.5 Å². The predicted molar refractivity (Wildman–Crippen MR) is 72.2 cm³/mol. The van der Waals surface area contributed by atoms with Crippen LogP contribution in [0.2, 0.25) is 0 Å². The molecule has 1 saturated heterocycles. The van der Waals surface area contributed by atoms with Crippen LogP contribution in [0.25, 0.3) is 0 Å². The summed E-state index contributed by atoms with van der Waals surface area (Å²) in [7, 11) is -2.97. The number of hydrogen-bond acceptors (Lipinski definition) is 7. The summed E-state index contributed by atoms with van der Waals surface area (Å²) in [5, 5.41) is 10.9. The highest BCUT2D eigenvalue weighted by Crippen LogP contribution is 2.39. The lowest BCUT2D eigenvalue weighted by Gasteiger charge is -2.09. The molecular formula is C11H15N3O4S2. The summed E-state index contributed by atoms with van der Waals surface area (Å²) in [6.45, 7) is 0. The average molecular weight is 317 g/mol. The number of aromatic nitrogens is 2. The Bertz CT molecular complexity index is 609. The van der Waals surface area contributed by atoms with E-state index in [2.05, 4.69) is 15.5 Å². The maximum absolute atomic E-state index is 11.7. The number of nitrogens with zero attached hydrogens (tertiary/aromatic N) is 2. The van der Waals surface area contributed by atoms with Crippen molar-refractivity contribution in [3.05, 3.63) is 5.89 Å². The average Bonchev–Trinajstić information content (AvgIpc) is 3.03. The van der Waals surface area contributed by atoms with Gasteiger partial charge in [0.25, 0.3) is 5.22 Å². The molecule has 7 nitrogen and oxygen atoms in total. The van der Waals surface area contributed by atoms with Crippen LogP contribution in [0.3, 0.4) is 0 Å². The molecule has 0 aromatic carbocycles. The minimum Gasteiger partial charge on any atom is -0.416 e. The fourth-order valence-corrected chi connectivity index (χ4v) is 4.33. The van der Waals surface area contributed by atoms with E-state index in [0.717, 1.165) is 12.8 Å². The van der Waals surface area contributed by atoms with E-state index < -0.39 is 9.84 Å². The smallest absolute Gasteiger partial charge is 0.277 e. The Morgan fingerprint density at radius 3 is 2.80 bits per heavy atom. The first-order valence-electron chi connectivity index (χ1n) is 6.48. The molecule has 1 atom stereocenters. The predicted octanol–water partition coefficient (Wildman–Crippen LogP) is 0.342. The van der Waals surface area contributed by atoms with Gasteiger partial charge in [-0.05, 0) is 19.3 Å². The van der Waals surface area contributed by atoms with Crippen LogP contribution in [0.4, 0.5) is 0 Å². The first-order chi connectivity index (χ1) is 9.52. The first-order valence-corrected chi connectivity index (χ1v) is 9.28. The summed E-state index contributed by atoms with van der Waals surface area (Å²) in [6, 6.07) is -0.266. The molecule has 2 fully saturated rings. The van der Waals surface area contributed by atoms with Crippen LogP contribution < -0.4 is 5.32 Å². The molecule has 0 bridgehead atoms. The summed E-state index contributed by atoms with van der Waals surface area (Å²) in [5.74, 6) is 1.19. The molecule has 110 valence electrons. The summed E-state index contributed by atoms with van der Waals surface area (Å²) >= 11 is 1.18. The van der Waals surface area contributed by atoms with Crippen molar-refractivity contribution in [2.45, 2.75) is 36.4 Å². The van der Waals surface area contributed by atoms with Crippen LogP contribution in [0, 0.1) is 0 Å². The van der Waals surface area contributed by atoms with E-state index >= 15 is 0 Å². The normalized spacial score (nSPS) is 24.7. The SMILES string of the molecule is O=C(CSc1nnc(C2CC2)o1)NC1CCS(=O)(=O)C1. The summed E-state index contributed by atoms with van der Waals surface area (Å²) in [5.41, 5.74) is 0. The third-order valence-electron chi connectivity index (χ3n) is 3.27. The molecule has 1 aromatic heterocycles. The van der Waals surface area contributed by atoms with E-state index in [1.54, 1.807) is 0 Å². The Morgan fingerprint density at radius 1 is 1.35 bits per heavy atom. The Balaban J connectivity index is 1.44. The fourth-order valence-electron chi connectivity index (χ4n) is 2.08. The monoisotopic (exact) mass is 317 g/mol. The molecule has 9 heteroatoms. The zero-order valence-electron chi connectivity index (χ0n) is 10.7. The molecule has 1 unspecified atom stereocenters. The van der Waals surface area contributed by atoms with Gasteiger partial charge in [-0.2, -0.15) is 0 Å². The highest BCUT2D eigenvalue weighted by atomic mass is 32.2. The van der Waals surface area contributed by atoms with Crippen LogP contribution in [-0.4, -0.2) is 47.8 Å². The number of hydrogen-bond donors (Lipinski definition) is 1. The van der Waals surface area contributed by atoms with E-state index in [4.69, 9.17) is 4.42 Å². The van der Waals surface area contributed by atoms with Crippen molar-refractivity contribution in [3.8, 4) is 0 Å². The molecule has 1 aliphatic carbocycles. The molecule has 3 rings (SSSR count). The summed E-state index contributed by atoms with van der Waals surface area (Å²) in [4.78, 5) is 11.7. The Labute approximate surface area is 120 Å². The lowest BCUT2D eigenvalue weighted by molar-refractivity contribution is -0.119. The maximum atomic E-state index is 11.7. The van der Waals surface area contributed by atoms with Gasteiger partial charge in [0, 0.05) is 12.0 Å². The van der Waals surface area contributed by atoms with E-state index in [1.807, 2.05) is 0 Å². The Hall–Kier alpha value is -1.09. The second-order valence-corrected chi connectivity index (χ2v) is 8.29. The van der Waals surface area contributed by atoms with Gasteiger partial charge in [-0.3, -0.25) is 4.79 Å². The summed E-state index contributed by atoms with van der Waals surface area (Å²) in [6.07, 6.45) is 2.66. The molecule has 1 aromatic rings. The molecule has 1 saturated carbocycles. The summed E-state index contributed by atoms with van der Waals surface area (Å²) < 4.78 is 28.0. The van der Waals surface area contributed by atoms with Crippen molar-refractivity contribution in [2.75, 3.05) is 17.3 Å². The van der Waals surface area contributed by atoms with Crippen LogP contribution in [0.1, 0.15) is 31.1 Å². The molecule has 1 N–H and O–H groups in total. The number of carbonyl (C=O) groups is 1. The lowest BCUT2D eigenvalue weighted by atomic mass is 10.3. The van der Waals surface area contributed by atoms with Gasteiger partial charge < -0.3 is 9.73 Å². The second-order valence-electron chi connectivity index (χ2n) is 5.14. The fraction of sp³-hybridized carbons (Fsp3) is 0.727. The minimum atomic E-state index is -2.97. The maximum Gasteiger partial charge on any atom is 0.277 e. The van der Waals surface area contributed by atoms with Crippen molar-refractivity contribution < 1.29 is 17.6 Å². The zero-order valence-corrected chi connectivity index (χ0v) is 12.4. The standard InChI is InChI=1S/C11H15N3O4S2/c15-9(12-8-3-4-20(16,17)6-8)5-19-11-14-13-10(18-11)7-1-2-7/h7-8H,1-6H2,(H,12,15). The topological polar surface area (TPSA) is 102 Å². The number of thioether (sulfide) groups is 1. The van der Waals surface area contributed by atoms with Gasteiger partial charge >= 0.3 is 0 Å². The van der Waals surface area contributed by atoms with Crippen molar-refractivity contribution >= 4 is 27.5 Å². The highest BCUT2D eigenvalue weighted by Gasteiger charge is 2.30. The van der Waals surface area contributed by atoms with Crippen molar-refractivity contribution in [1.82, 2.24) is 15.5 Å². The number of sulfone groups is 1. The van der Waals surface area contributed by atoms with Crippen molar-refractivity contribution in [3.63, 3.8) is 0 Å². The number of carbonyl (C=O) groups excluding carboxylic acids is 1. The van der Waals surface area contributed by atoms with E-state index in [-0.39, 0.29) is 29.2 Å². The van der Waals surface area contributed by atoms with Crippen LogP contribution in [-0.2, 0) is 14.6 Å². The largest absolute Gasteiger partial charge is 0.416 e. The van der Waals surface area contributed by atoms with Crippen LogP contribution in [0.15, 0.2) is 9.64 Å². The third-order valence-corrected chi connectivity index (χ3v) is 5.86. The van der Waals surface area contributed by atoms with Gasteiger partial charge in [-0.1, -0.05) is 11.8 Å². The first kappa shape index (κ1) is 13.9. The number of amides is 1. The minimum absolute atomic E-state index is 0.0375. The number of rotatable bonds is 5. The van der Waals surface area contributed by atoms with E-state index in [1.165, 1.54) is 11.8 Å². The molecule has 0 radical (unpaired) electrons. The van der Waals surface area contributed by atoms with Gasteiger partial charge in [-0.25, -0.2) is 8.42 Å². The van der Waals surface area contributed by atoms with Crippen molar-refractivity contribution in [1.29, 1.82) is 0 Å². The zero-order chi connectivity index (χ0) is 14.2. The molecule has 0 spiro atoms. The highest BCUT2D eigenvalue weighted by molar-refractivity contribution is 7.99. The quantitative estimate of drug-likeness (QED) is 0.781. The van der Waals surface area contributed by atoms with Crippen LogP contribution in [0.5, 0.6) is 0 Å². The Kier molecular flexibility index (Phi) is 3.72.